The van der Waals surface area contributed by atoms with Gasteiger partial charge in [-0.25, -0.2) is 4.79 Å². The summed E-state index contributed by atoms with van der Waals surface area (Å²) in [5.74, 6) is 0. The number of β-amino-alcohol motifs (C(OH)–C–C–N with tert-alkyl or cyclic N) is 1. The third-order valence-corrected chi connectivity index (χ3v) is 5.23. The van der Waals surface area contributed by atoms with E-state index in [-0.39, 0.29) is 12.6 Å². The average Bonchev–Trinajstić information content (AvgIpc) is 3.01. The Kier molecular flexibility index (Phi) is 5.43. The van der Waals surface area contributed by atoms with Gasteiger partial charge in [0.1, 0.15) is 0 Å². The third kappa shape index (κ3) is 4.29. The van der Waals surface area contributed by atoms with Crippen molar-refractivity contribution in [3.05, 3.63) is 35.9 Å². The summed E-state index contributed by atoms with van der Waals surface area (Å²) < 4.78 is 38.5. The molecule has 3 rings (SSSR count). The number of benzene rings is 1. The molecule has 144 valence electrons. The lowest BCUT2D eigenvalue weighted by atomic mass is 10.0. The zero-order valence-corrected chi connectivity index (χ0v) is 14.5. The van der Waals surface area contributed by atoms with Crippen LogP contribution in [0.3, 0.4) is 0 Å². The number of rotatable bonds is 3. The molecule has 2 aliphatic heterocycles. The van der Waals surface area contributed by atoms with Crippen LogP contribution in [-0.2, 0) is 6.54 Å². The van der Waals surface area contributed by atoms with Gasteiger partial charge >= 0.3 is 12.2 Å². The SMILES string of the molecule is O=C(NC1CCN(Cc2ccccc2)CC1)N1CCC(O)(C(F)(F)F)C1. The number of hydrogen-bond donors (Lipinski definition) is 2. The molecule has 0 radical (unpaired) electrons. The molecule has 1 aromatic carbocycles. The first-order valence-corrected chi connectivity index (χ1v) is 8.88. The molecule has 8 heteroatoms. The highest BCUT2D eigenvalue weighted by Crippen LogP contribution is 2.37. The first kappa shape index (κ1) is 19.0. The van der Waals surface area contributed by atoms with E-state index in [0.29, 0.717) is 0 Å². The topological polar surface area (TPSA) is 55.8 Å². The van der Waals surface area contributed by atoms with Gasteiger partial charge in [-0.2, -0.15) is 13.2 Å². The first-order chi connectivity index (χ1) is 12.3. The largest absolute Gasteiger partial charge is 0.419 e. The van der Waals surface area contributed by atoms with Crippen LogP contribution in [0.15, 0.2) is 30.3 Å². The van der Waals surface area contributed by atoms with E-state index in [4.69, 9.17) is 0 Å². The Hall–Kier alpha value is -1.80. The van der Waals surface area contributed by atoms with E-state index < -0.39 is 30.8 Å². The summed E-state index contributed by atoms with van der Waals surface area (Å²) >= 11 is 0. The van der Waals surface area contributed by atoms with Crippen LogP contribution in [0.25, 0.3) is 0 Å². The lowest BCUT2D eigenvalue weighted by Crippen LogP contribution is -2.51. The lowest BCUT2D eigenvalue weighted by Gasteiger charge is -2.33. The molecule has 2 heterocycles. The Morgan fingerprint density at radius 1 is 1.19 bits per heavy atom. The molecule has 1 atom stereocenters. The molecular weight excluding hydrogens is 347 g/mol. The Bertz CT molecular complexity index is 618. The molecule has 0 bridgehead atoms. The van der Waals surface area contributed by atoms with Crippen molar-refractivity contribution in [1.82, 2.24) is 15.1 Å². The Labute approximate surface area is 150 Å². The number of nitrogens with zero attached hydrogens (tertiary/aromatic N) is 2. The van der Waals surface area contributed by atoms with Gasteiger partial charge in [0.25, 0.3) is 0 Å². The zero-order valence-electron chi connectivity index (χ0n) is 14.5. The smallest absolute Gasteiger partial charge is 0.379 e. The van der Waals surface area contributed by atoms with Gasteiger partial charge in [0.2, 0.25) is 0 Å². The fraction of sp³-hybridized carbons (Fsp3) is 0.611. The van der Waals surface area contributed by atoms with Crippen molar-refractivity contribution in [3.63, 3.8) is 0 Å². The maximum absolute atomic E-state index is 12.8. The summed E-state index contributed by atoms with van der Waals surface area (Å²) in [6, 6.07) is 9.55. The van der Waals surface area contributed by atoms with Crippen molar-refractivity contribution in [3.8, 4) is 0 Å². The number of carbonyl (C=O) groups excluding carboxylic acids is 1. The number of carbonyl (C=O) groups is 1. The van der Waals surface area contributed by atoms with Crippen LogP contribution < -0.4 is 5.32 Å². The number of hydrogen-bond acceptors (Lipinski definition) is 3. The maximum Gasteiger partial charge on any atom is 0.419 e. The Morgan fingerprint density at radius 2 is 1.85 bits per heavy atom. The molecule has 0 spiro atoms. The van der Waals surface area contributed by atoms with Crippen LogP contribution in [0.4, 0.5) is 18.0 Å². The van der Waals surface area contributed by atoms with E-state index in [1.165, 1.54) is 5.56 Å². The molecule has 1 unspecified atom stereocenters. The van der Waals surface area contributed by atoms with Gasteiger partial charge in [0, 0.05) is 38.6 Å². The predicted octanol–water partition coefficient (Wildman–Crippen LogP) is 2.36. The molecule has 2 saturated heterocycles. The third-order valence-electron chi connectivity index (χ3n) is 5.23. The van der Waals surface area contributed by atoms with Gasteiger partial charge < -0.3 is 15.3 Å². The summed E-state index contributed by atoms with van der Waals surface area (Å²) in [6.45, 7) is 1.72. The van der Waals surface area contributed by atoms with E-state index >= 15 is 0 Å². The number of amides is 2. The molecule has 26 heavy (non-hydrogen) atoms. The first-order valence-electron chi connectivity index (χ1n) is 8.88. The number of aliphatic hydroxyl groups is 1. The zero-order chi connectivity index (χ0) is 18.8. The van der Waals surface area contributed by atoms with Crippen molar-refractivity contribution in [2.24, 2.45) is 0 Å². The van der Waals surface area contributed by atoms with Gasteiger partial charge in [0.15, 0.2) is 5.60 Å². The second-order valence-electron chi connectivity index (χ2n) is 7.19. The standard InChI is InChI=1S/C18H24F3N3O2/c19-18(20,21)17(26)8-11-24(13-17)16(25)22-15-6-9-23(10-7-15)12-14-4-2-1-3-5-14/h1-5,15,26H,6-13H2,(H,22,25). The maximum atomic E-state index is 12.8. The van der Waals surface area contributed by atoms with Gasteiger partial charge in [-0.05, 0) is 18.4 Å². The second kappa shape index (κ2) is 7.44. The quantitative estimate of drug-likeness (QED) is 0.858. The van der Waals surface area contributed by atoms with Gasteiger partial charge in [-0.3, -0.25) is 4.90 Å². The Morgan fingerprint density at radius 3 is 2.42 bits per heavy atom. The number of nitrogens with one attached hydrogen (secondary N) is 1. The highest BCUT2D eigenvalue weighted by Gasteiger charge is 2.57. The number of halogens is 3. The number of urea groups is 1. The molecule has 2 N–H and O–H groups in total. The summed E-state index contributed by atoms with van der Waals surface area (Å²) in [6.07, 6.45) is -3.67. The van der Waals surface area contributed by atoms with Gasteiger partial charge in [-0.15, -0.1) is 0 Å². The van der Waals surface area contributed by atoms with Crippen molar-refractivity contribution < 1.29 is 23.1 Å². The predicted molar refractivity (Wildman–Crippen MR) is 90.5 cm³/mol. The van der Waals surface area contributed by atoms with Gasteiger partial charge in [0.05, 0.1) is 6.54 Å². The number of piperidine rings is 1. The van der Waals surface area contributed by atoms with Crippen LogP contribution in [0.1, 0.15) is 24.8 Å². The van der Waals surface area contributed by atoms with Gasteiger partial charge in [-0.1, -0.05) is 30.3 Å². The summed E-state index contributed by atoms with van der Waals surface area (Å²) in [5, 5.41) is 12.5. The molecule has 0 aromatic heterocycles. The fourth-order valence-corrected chi connectivity index (χ4v) is 3.54. The molecule has 2 fully saturated rings. The molecule has 0 aliphatic carbocycles. The number of likely N-dealkylation sites (tertiary alicyclic amines) is 2. The van der Waals surface area contributed by atoms with Crippen molar-refractivity contribution in [2.75, 3.05) is 26.2 Å². The van der Waals surface area contributed by atoms with E-state index in [0.717, 1.165) is 37.4 Å². The molecule has 0 saturated carbocycles. The molecule has 2 amide bonds. The average molecular weight is 371 g/mol. The number of alkyl halides is 3. The summed E-state index contributed by atoms with van der Waals surface area (Å²) in [7, 11) is 0. The van der Waals surface area contributed by atoms with E-state index in [9.17, 15) is 23.1 Å². The van der Waals surface area contributed by atoms with E-state index in [2.05, 4.69) is 22.3 Å². The van der Waals surface area contributed by atoms with E-state index in [1.54, 1.807) is 0 Å². The molecule has 1 aromatic rings. The summed E-state index contributed by atoms with van der Waals surface area (Å²) in [4.78, 5) is 15.6. The lowest BCUT2D eigenvalue weighted by molar-refractivity contribution is -0.253. The normalized spacial score (nSPS) is 25.5. The van der Waals surface area contributed by atoms with Crippen LogP contribution in [0, 0.1) is 0 Å². The molecular formula is C18H24F3N3O2. The van der Waals surface area contributed by atoms with Crippen molar-refractivity contribution in [1.29, 1.82) is 0 Å². The minimum Gasteiger partial charge on any atom is -0.379 e. The van der Waals surface area contributed by atoms with Crippen LogP contribution in [-0.4, -0.2) is 64.9 Å². The Balaban J connectivity index is 1.44. The molecule has 2 aliphatic rings. The highest BCUT2D eigenvalue weighted by molar-refractivity contribution is 5.75. The van der Waals surface area contributed by atoms with Crippen molar-refractivity contribution in [2.45, 2.75) is 43.6 Å². The molecule has 5 nitrogen and oxygen atoms in total. The minimum absolute atomic E-state index is 0.0471. The van der Waals surface area contributed by atoms with Crippen LogP contribution >= 0.6 is 0 Å². The van der Waals surface area contributed by atoms with Crippen LogP contribution in [0.5, 0.6) is 0 Å². The monoisotopic (exact) mass is 371 g/mol. The minimum atomic E-state index is -4.72. The second-order valence-corrected chi connectivity index (χ2v) is 7.19. The fourth-order valence-electron chi connectivity index (χ4n) is 3.54. The van der Waals surface area contributed by atoms with Crippen molar-refractivity contribution >= 4 is 6.03 Å². The van der Waals surface area contributed by atoms with E-state index in [1.807, 2.05) is 18.2 Å². The highest BCUT2D eigenvalue weighted by atomic mass is 19.4. The summed E-state index contributed by atoms with van der Waals surface area (Å²) in [5.41, 5.74) is -1.55. The van der Waals surface area contributed by atoms with Crippen LogP contribution in [0.2, 0.25) is 0 Å².